The van der Waals surface area contributed by atoms with E-state index in [2.05, 4.69) is 4.29 Å². The first-order valence-electron chi connectivity index (χ1n) is 4.03. The Morgan fingerprint density at radius 1 is 1.31 bits per heavy atom. The zero-order valence-corrected chi connectivity index (χ0v) is 8.77. The topological polar surface area (TPSA) is 43.4 Å². The molecule has 0 radical (unpaired) electrons. The highest BCUT2D eigenvalue weighted by Gasteiger charge is 2.15. The summed E-state index contributed by atoms with van der Waals surface area (Å²) in [5, 5.41) is 0. The molecule has 4 heteroatoms. The zero-order valence-electron chi connectivity index (χ0n) is 8.02. The summed E-state index contributed by atoms with van der Waals surface area (Å²) in [4.78, 5) is 21.9. The van der Waals surface area contributed by atoms with Gasteiger partial charge in [-0.25, -0.2) is 0 Å². The van der Waals surface area contributed by atoms with Gasteiger partial charge < -0.3 is 4.29 Å². The van der Waals surface area contributed by atoms with Gasteiger partial charge in [-0.2, -0.15) is 0 Å². The van der Waals surface area contributed by atoms with Crippen molar-refractivity contribution in [2.24, 2.45) is 0 Å². The van der Waals surface area contributed by atoms with E-state index < -0.39 is 0 Å². The highest BCUT2D eigenvalue weighted by atomic mass is 35.5. The first-order valence-corrected chi connectivity index (χ1v) is 4.34. The molecule has 0 aliphatic rings. The second-order valence-electron chi connectivity index (χ2n) is 2.84. The predicted octanol–water partition coefficient (Wildman–Crippen LogP) is 2.39. The zero-order chi connectivity index (χ0) is 10.4. The average molecular weight is 205 g/mol. The number of carbonyl (C=O) groups excluding carboxylic acids is 2. The third-order valence-corrected chi connectivity index (χ3v) is 1.81. The maximum Gasteiger partial charge on any atom is 0.206 e. The minimum absolute atomic E-state index is 0.0966. The van der Waals surface area contributed by atoms with Crippen molar-refractivity contribution in [2.45, 2.75) is 33.6 Å². The summed E-state index contributed by atoms with van der Waals surface area (Å²) in [6.45, 7) is 4.98. The van der Waals surface area contributed by atoms with Crippen LogP contribution in [0.1, 0.15) is 33.6 Å². The van der Waals surface area contributed by atoms with Gasteiger partial charge in [0.15, 0.2) is 5.76 Å². The lowest BCUT2D eigenvalue weighted by Crippen LogP contribution is -2.09. The van der Waals surface area contributed by atoms with Gasteiger partial charge in [-0.1, -0.05) is 6.92 Å². The minimum atomic E-state index is -0.359. The highest BCUT2D eigenvalue weighted by Crippen LogP contribution is 2.14. The number of hydrogen-bond acceptors (Lipinski definition) is 3. The molecule has 0 spiro atoms. The molecule has 0 unspecified atom stereocenters. The third kappa shape index (κ3) is 4.08. The molecule has 3 nitrogen and oxygen atoms in total. The quantitative estimate of drug-likeness (QED) is 0.392. The van der Waals surface area contributed by atoms with Gasteiger partial charge in [-0.15, -0.1) is 0 Å². The maximum atomic E-state index is 11.3. The van der Waals surface area contributed by atoms with Crippen LogP contribution in [0.3, 0.4) is 0 Å². The average Bonchev–Trinajstić information content (AvgIpc) is 2.03. The molecule has 0 fully saturated rings. The Hall–Kier alpha value is -0.830. The van der Waals surface area contributed by atoms with Crippen LogP contribution in [0.4, 0.5) is 0 Å². The van der Waals surface area contributed by atoms with E-state index >= 15 is 0 Å². The molecule has 0 saturated carbocycles. The molecule has 0 saturated heterocycles. The molecule has 0 rings (SSSR count). The molecule has 0 aromatic rings. The van der Waals surface area contributed by atoms with Gasteiger partial charge in [0.2, 0.25) is 5.78 Å². The molecule has 0 heterocycles. The Bertz CT molecular complexity index is 243. The summed E-state index contributed by atoms with van der Waals surface area (Å²) in [5.74, 6) is -0.457. The highest BCUT2D eigenvalue weighted by molar-refractivity contribution is 6.13. The summed E-state index contributed by atoms with van der Waals surface area (Å²) >= 11 is 5.13. The standard InChI is InChI=1S/C9H13ClO3/c1-4-6(2)9(13-10)8(12)5-7(3)11/h4-5H2,1-3H3. The lowest BCUT2D eigenvalue weighted by atomic mass is 10.1. The number of rotatable bonds is 5. The van der Waals surface area contributed by atoms with Crippen molar-refractivity contribution >= 4 is 23.4 Å². The summed E-state index contributed by atoms with van der Waals surface area (Å²) < 4.78 is 4.42. The molecular weight excluding hydrogens is 192 g/mol. The lowest BCUT2D eigenvalue weighted by Gasteiger charge is -2.04. The SMILES string of the molecule is CCC(C)=C(OCl)C(=O)CC(C)=O. The van der Waals surface area contributed by atoms with Gasteiger partial charge in [0.05, 0.1) is 6.42 Å². The van der Waals surface area contributed by atoms with E-state index in [1.54, 1.807) is 6.92 Å². The van der Waals surface area contributed by atoms with Crippen LogP contribution in [-0.2, 0) is 13.9 Å². The normalized spacial score (nSPS) is 12.0. The molecule has 74 valence electrons. The third-order valence-electron chi connectivity index (χ3n) is 1.66. The van der Waals surface area contributed by atoms with E-state index in [1.807, 2.05) is 6.92 Å². The van der Waals surface area contributed by atoms with E-state index in [1.165, 1.54) is 6.92 Å². The second-order valence-corrected chi connectivity index (χ2v) is 3.00. The van der Waals surface area contributed by atoms with E-state index in [-0.39, 0.29) is 23.7 Å². The predicted molar refractivity (Wildman–Crippen MR) is 50.2 cm³/mol. The van der Waals surface area contributed by atoms with Crippen molar-refractivity contribution < 1.29 is 13.9 Å². The van der Waals surface area contributed by atoms with Crippen LogP contribution in [-0.4, -0.2) is 11.6 Å². The van der Waals surface area contributed by atoms with Crippen molar-refractivity contribution in [1.82, 2.24) is 0 Å². The van der Waals surface area contributed by atoms with Gasteiger partial charge in [-0.3, -0.25) is 9.59 Å². The number of ketones is 2. The van der Waals surface area contributed by atoms with Crippen molar-refractivity contribution in [3.8, 4) is 0 Å². The van der Waals surface area contributed by atoms with E-state index in [9.17, 15) is 9.59 Å². The van der Waals surface area contributed by atoms with Gasteiger partial charge in [0, 0.05) is 0 Å². The molecular formula is C9H13ClO3. The molecule has 0 N–H and O–H groups in total. The summed E-state index contributed by atoms with van der Waals surface area (Å²) in [5.41, 5.74) is 0.751. The fraction of sp³-hybridized carbons (Fsp3) is 0.556. The van der Waals surface area contributed by atoms with Crippen LogP contribution in [0.15, 0.2) is 11.3 Å². The molecule has 0 aliphatic heterocycles. The van der Waals surface area contributed by atoms with Crippen LogP contribution < -0.4 is 0 Å². The first-order chi connectivity index (χ1) is 6.02. The first kappa shape index (κ1) is 12.2. The number of hydrogen-bond donors (Lipinski definition) is 0. The summed E-state index contributed by atoms with van der Waals surface area (Å²) in [6, 6.07) is 0. The van der Waals surface area contributed by atoms with Crippen molar-refractivity contribution in [3.63, 3.8) is 0 Å². The van der Waals surface area contributed by atoms with Crippen LogP contribution >= 0.6 is 11.9 Å². The largest absolute Gasteiger partial charge is 0.382 e. The van der Waals surface area contributed by atoms with Gasteiger partial charge in [0.1, 0.15) is 17.6 Å². The van der Waals surface area contributed by atoms with Crippen LogP contribution in [0.5, 0.6) is 0 Å². The van der Waals surface area contributed by atoms with Gasteiger partial charge in [-0.05, 0) is 25.8 Å². The molecule has 0 aromatic heterocycles. The number of halogens is 1. The fourth-order valence-electron chi connectivity index (χ4n) is 0.814. The Labute approximate surface area is 82.9 Å². The molecule has 0 atom stereocenters. The summed E-state index contributed by atoms with van der Waals surface area (Å²) in [7, 11) is 0. The van der Waals surface area contributed by atoms with Gasteiger partial charge in [0.25, 0.3) is 0 Å². The van der Waals surface area contributed by atoms with Crippen molar-refractivity contribution in [1.29, 1.82) is 0 Å². The van der Waals surface area contributed by atoms with E-state index in [0.717, 1.165) is 5.57 Å². The van der Waals surface area contributed by atoms with Crippen molar-refractivity contribution in [3.05, 3.63) is 11.3 Å². The number of Topliss-reactive ketones (excluding diaryl/α,β-unsaturated/α-hetero) is 2. The Morgan fingerprint density at radius 3 is 2.15 bits per heavy atom. The van der Waals surface area contributed by atoms with E-state index in [4.69, 9.17) is 11.9 Å². The number of carbonyl (C=O) groups is 2. The molecule has 0 aromatic carbocycles. The van der Waals surface area contributed by atoms with Crippen LogP contribution in [0.25, 0.3) is 0 Å². The fourth-order valence-corrected chi connectivity index (χ4v) is 1.03. The maximum absolute atomic E-state index is 11.3. The Morgan fingerprint density at radius 2 is 1.85 bits per heavy atom. The van der Waals surface area contributed by atoms with Gasteiger partial charge >= 0.3 is 0 Å². The van der Waals surface area contributed by atoms with Crippen molar-refractivity contribution in [2.75, 3.05) is 0 Å². The van der Waals surface area contributed by atoms with E-state index in [0.29, 0.717) is 6.42 Å². The van der Waals surface area contributed by atoms with Crippen LogP contribution in [0, 0.1) is 0 Å². The lowest BCUT2D eigenvalue weighted by molar-refractivity contribution is -0.125. The van der Waals surface area contributed by atoms with Crippen LogP contribution in [0.2, 0.25) is 0 Å². The molecule has 0 bridgehead atoms. The molecule has 0 aliphatic carbocycles. The minimum Gasteiger partial charge on any atom is -0.382 e. The Kier molecular flexibility index (Phi) is 5.39. The second kappa shape index (κ2) is 5.75. The summed E-state index contributed by atoms with van der Waals surface area (Å²) in [6.07, 6.45) is 0.519. The smallest absolute Gasteiger partial charge is 0.206 e. The monoisotopic (exact) mass is 204 g/mol. The Balaban J connectivity index is 4.59. The number of allylic oxidation sites excluding steroid dienone is 2. The molecule has 0 amide bonds. The molecule has 13 heavy (non-hydrogen) atoms.